The van der Waals surface area contributed by atoms with Crippen molar-refractivity contribution in [3.8, 4) is 18.2 Å². The number of phosphoric ester groups is 3. The van der Waals surface area contributed by atoms with Crippen molar-refractivity contribution >= 4 is 81.8 Å². The summed E-state index contributed by atoms with van der Waals surface area (Å²) in [6.45, 7) is 1.87. The fourth-order valence-corrected chi connectivity index (χ4v) is 16.9. The van der Waals surface area contributed by atoms with E-state index in [1.165, 1.54) is 36.3 Å². The minimum absolute atomic E-state index is 0.00513. The van der Waals surface area contributed by atoms with Crippen LogP contribution >= 0.6 is 23.5 Å². The van der Waals surface area contributed by atoms with Crippen molar-refractivity contribution in [3.05, 3.63) is 176 Å². The highest BCUT2D eigenvalue weighted by atomic mass is 31.2. The lowest BCUT2D eigenvalue weighted by Gasteiger charge is -2.29. The third-order valence-electron chi connectivity index (χ3n) is 18.8. The zero-order chi connectivity index (χ0) is 87.7. The van der Waals surface area contributed by atoms with Crippen LogP contribution in [-0.4, -0.2) is 198 Å². The van der Waals surface area contributed by atoms with Gasteiger partial charge in [0, 0.05) is 55.7 Å². The van der Waals surface area contributed by atoms with Gasteiger partial charge in [-0.3, -0.25) is 93.0 Å². The molecule has 5 amide bonds. The van der Waals surface area contributed by atoms with Crippen molar-refractivity contribution in [2.75, 3.05) is 70.0 Å². The number of aliphatic hydroxyl groups is 1. The third kappa shape index (κ3) is 26.3. The molecule has 7 heterocycles. The number of carboxylic acids is 1. The fraction of sp³-hybridized carbons (Fsp3) is 0.474. The molecule has 10 rings (SSSR count). The summed E-state index contributed by atoms with van der Waals surface area (Å²) in [5, 5.41) is 65.1. The quantitative estimate of drug-likeness (QED) is 0.0174. The average molecular weight is 1750 g/mol. The topological polar surface area (TPSA) is 582 Å². The van der Waals surface area contributed by atoms with Crippen LogP contribution in [0.5, 0.6) is 0 Å². The number of imidazole rings is 1. The van der Waals surface area contributed by atoms with Crippen LogP contribution in [0.25, 0.3) is 11.2 Å². The van der Waals surface area contributed by atoms with E-state index in [-0.39, 0.29) is 65.5 Å². The van der Waals surface area contributed by atoms with E-state index >= 15 is 13.7 Å². The van der Waals surface area contributed by atoms with Gasteiger partial charge in [-0.2, -0.15) is 20.8 Å². The Balaban J connectivity index is 0.960. The van der Waals surface area contributed by atoms with Crippen molar-refractivity contribution in [1.82, 2.24) is 59.9 Å². The maximum Gasteiger partial charge on any atom is 0.475 e. The van der Waals surface area contributed by atoms with Gasteiger partial charge < -0.3 is 56.3 Å². The summed E-state index contributed by atoms with van der Waals surface area (Å²) in [4.78, 5) is 141. The van der Waals surface area contributed by atoms with Gasteiger partial charge in [-0.25, -0.2) is 38.2 Å². The normalized spacial score (nSPS) is 21.0. The second kappa shape index (κ2) is 44.2. The number of fused-ring (bicyclic) bond motifs is 1. The first kappa shape index (κ1) is 93.3. The number of hydrogen-bond acceptors (Lipinski definition) is 33. The van der Waals surface area contributed by atoms with E-state index in [4.69, 9.17) is 54.9 Å². The monoisotopic (exact) mass is 1750 g/mol. The molecule has 0 radical (unpaired) electrons. The molecule has 3 fully saturated rings. The highest BCUT2D eigenvalue weighted by Gasteiger charge is 2.50. The van der Waals surface area contributed by atoms with Gasteiger partial charge in [-0.1, -0.05) is 107 Å². The number of hydrogen-bond donors (Lipinski definition) is 9. The number of aliphatic hydroxyl groups excluding tert-OH is 1. The minimum atomic E-state index is -5.39. The average Bonchev–Trinajstić information content (AvgIpc) is 1.62. The highest BCUT2D eigenvalue weighted by Crippen LogP contribution is 2.58. The molecule has 15 atom stereocenters. The van der Waals surface area contributed by atoms with Crippen LogP contribution in [0.2, 0.25) is 0 Å². The summed E-state index contributed by atoms with van der Waals surface area (Å²) in [6, 6.07) is 27.6. The van der Waals surface area contributed by atoms with E-state index in [0.717, 1.165) is 15.5 Å². The summed E-state index contributed by atoms with van der Waals surface area (Å²) in [7, 11) is -15.8. The first-order valence-electron chi connectivity index (χ1n) is 38.6. The Morgan fingerprint density at radius 2 is 1.17 bits per heavy atom. The largest absolute Gasteiger partial charge is 0.480 e. The van der Waals surface area contributed by atoms with Crippen LogP contribution in [-0.2, 0) is 105 Å². The number of aromatic nitrogens is 8. The number of rotatable bonds is 46. The van der Waals surface area contributed by atoms with Crippen LogP contribution in [0.3, 0.4) is 0 Å². The Labute approximate surface area is 697 Å². The number of phosphoric acid groups is 3. The number of carboxylic acid groups (broad SMARTS) is 1. The number of nitrogens with zero attached hydrogens (tertiary/aromatic N) is 10. The SMILES string of the molecule is Cc1cn([C@H]2C[C@H](OP(=O)(OCCC#N)OC[C@H]3O[C@@H](n4ccc(NCC(C)C)nc4=O)C[C@@H]3OP(=O)(OCCC#N)OC[C@H]3O[C@@H](n4cnc5c(NC(=O)c6ccccc6)ncnc54)C[C@@H]3OP(=O)(OCCC#N)OC[C@H](NC(=O)[C@@H](NC(=O)[C@H](Cc3ccccc3)NC(=O)Cc3ccccc3)C(C)C)C(=O)NCC(=O)O)[C@@H](CO)O2)c(=O)[nH]c1=O. The van der Waals surface area contributed by atoms with E-state index in [2.05, 4.69) is 56.8 Å². The predicted octanol–water partition coefficient (Wildman–Crippen LogP) is 5.23. The molecular weight excluding hydrogens is 1660 g/mol. The molecule has 0 spiro atoms. The van der Waals surface area contributed by atoms with Crippen molar-refractivity contribution < 1.29 is 108 Å². The van der Waals surface area contributed by atoms with Crippen molar-refractivity contribution in [1.29, 1.82) is 15.8 Å². The molecule has 46 heteroatoms. The number of aromatic amines is 1. The van der Waals surface area contributed by atoms with Gasteiger partial charge in [-0.15, -0.1) is 0 Å². The van der Waals surface area contributed by atoms with E-state index in [1.54, 1.807) is 105 Å². The van der Waals surface area contributed by atoms with Crippen LogP contribution < -0.4 is 48.8 Å². The molecule has 0 aliphatic carbocycles. The maximum atomic E-state index is 15.8. The lowest BCUT2D eigenvalue weighted by Crippen LogP contribution is -2.59. The fourth-order valence-electron chi connectivity index (χ4n) is 12.7. The predicted molar refractivity (Wildman–Crippen MR) is 426 cm³/mol. The van der Waals surface area contributed by atoms with Gasteiger partial charge in [0.2, 0.25) is 23.6 Å². The number of amides is 5. The first-order chi connectivity index (χ1) is 58.5. The number of nitriles is 3. The Bertz CT molecular complexity index is 5260. The molecule has 3 saturated heterocycles. The molecule has 7 aromatic rings. The van der Waals surface area contributed by atoms with Gasteiger partial charge in [0.1, 0.15) is 92.1 Å². The number of anilines is 2. The minimum Gasteiger partial charge on any atom is -0.480 e. The molecule has 3 unspecified atom stereocenters. The van der Waals surface area contributed by atoms with E-state index < -0.39 is 234 Å². The van der Waals surface area contributed by atoms with Gasteiger partial charge in [0.15, 0.2) is 17.0 Å². The summed E-state index contributed by atoms with van der Waals surface area (Å²) in [6.07, 6.45) is -11.3. The molecular formula is C76H92N17O26P3. The van der Waals surface area contributed by atoms with Crippen LogP contribution in [0, 0.1) is 52.8 Å². The van der Waals surface area contributed by atoms with E-state index in [9.17, 15) is 69.1 Å². The third-order valence-corrected chi connectivity index (χ3v) is 23.2. The summed E-state index contributed by atoms with van der Waals surface area (Å²) < 4.78 is 123. The molecule has 43 nitrogen and oxygen atoms in total. The summed E-state index contributed by atoms with van der Waals surface area (Å²) in [5.74, 6) is -6.33. The van der Waals surface area contributed by atoms with Crippen LogP contribution in [0.1, 0.15) is 112 Å². The molecule has 122 heavy (non-hydrogen) atoms. The Morgan fingerprint density at radius 1 is 0.631 bits per heavy atom. The number of aryl methyl sites for hydroxylation is 1. The number of carbonyl (C=O) groups excluding carboxylic acids is 5. The molecule has 3 aliphatic rings. The number of carbonyl (C=O) groups is 6. The highest BCUT2D eigenvalue weighted by molar-refractivity contribution is 7.49. The molecule has 4 aromatic heterocycles. The number of ether oxygens (including phenoxy) is 3. The Hall–Kier alpha value is -11.0. The van der Waals surface area contributed by atoms with Crippen molar-refractivity contribution in [2.45, 2.75) is 159 Å². The Morgan fingerprint density at radius 3 is 1.72 bits per heavy atom. The second-order valence-electron chi connectivity index (χ2n) is 28.7. The first-order valence-corrected chi connectivity index (χ1v) is 42.9. The zero-order valence-corrected chi connectivity index (χ0v) is 69.3. The molecule has 3 aliphatic heterocycles. The van der Waals surface area contributed by atoms with Crippen molar-refractivity contribution in [3.63, 3.8) is 0 Å². The smallest absolute Gasteiger partial charge is 0.475 e. The van der Waals surface area contributed by atoms with Gasteiger partial charge in [-0.05, 0) is 48.1 Å². The second-order valence-corrected chi connectivity index (χ2v) is 33.5. The lowest BCUT2D eigenvalue weighted by molar-refractivity contribution is -0.139. The number of nitrogens with one attached hydrogen (secondary N) is 7. The molecule has 0 saturated carbocycles. The van der Waals surface area contributed by atoms with Crippen LogP contribution in [0.4, 0.5) is 11.6 Å². The zero-order valence-electron chi connectivity index (χ0n) is 66.7. The molecule has 9 N–H and O–H groups in total. The molecule has 3 aromatic carbocycles. The van der Waals surface area contributed by atoms with Gasteiger partial charge in [0.25, 0.3) is 11.5 Å². The van der Waals surface area contributed by atoms with E-state index in [0.29, 0.717) is 17.7 Å². The van der Waals surface area contributed by atoms with Crippen LogP contribution in [0.15, 0.2) is 136 Å². The van der Waals surface area contributed by atoms with Gasteiger partial charge in [0.05, 0.1) is 96.5 Å². The molecule has 0 bridgehead atoms. The van der Waals surface area contributed by atoms with Crippen molar-refractivity contribution in [2.24, 2.45) is 11.8 Å². The number of aliphatic carboxylic acids is 1. The number of H-pyrrole nitrogens is 1. The standard InChI is InChI=1S/C76H92N17O26P3/c1-46(2)37-80-60-24-28-91(75(103)87-60)62-35-55(58(115-62)42-112-121(106,109-30-16-26-78)117-54-34-63(114-57(54)40-94)92-39-48(5)70(98)90-76(92)104)119-122(107,110-31-17-27-79)113-43-59-56(36-64(116-59)93-45-84-67-68(82-44-83-69(67)93)89-71(99)51-22-13-8-14-23-51)118-120(105,108-29-15-25-77)111-41-53(72(100)81-38-65(96)97)86-74(102)66(47(3)4)88-73(101)52(32-49-18-9-6-10-19-49)85-61(95)33-50-20-11-7-12-21-50/h6-14,18-24,28,39,44-47,52-59,62-64,66,94H,15-17,29-38,40-43H2,1-5H3,(H,81,100)(H,85,95)(H,86,102)(H,88,101)(H,96,97)(H,80,87,103)(H,90,98,104)(H,82,83,89,99)/t52-,53-,54-,55-,56-,57+,58+,59+,62+,63+,64+,66-,120?,121?,122?/m0/s1. The molecule has 652 valence electrons. The maximum absolute atomic E-state index is 15.8. The van der Waals surface area contributed by atoms with E-state index in [1.807, 2.05) is 32.1 Å². The summed E-state index contributed by atoms with van der Waals surface area (Å²) >= 11 is 0. The summed E-state index contributed by atoms with van der Waals surface area (Å²) in [5.41, 5.74) is -0.794. The lowest BCUT2D eigenvalue weighted by atomic mass is 10.0. The van der Waals surface area contributed by atoms with Gasteiger partial charge >= 0.3 is 40.8 Å². The number of benzene rings is 3. The Kier molecular flexibility index (Phi) is 33.8.